The van der Waals surface area contributed by atoms with Crippen molar-refractivity contribution in [3.63, 3.8) is 0 Å². The minimum absolute atomic E-state index is 0.204. The molecule has 1 atom stereocenters. The zero-order valence-corrected chi connectivity index (χ0v) is 20.1. The van der Waals surface area contributed by atoms with Crippen molar-refractivity contribution in [3.8, 4) is 0 Å². The van der Waals surface area contributed by atoms with Gasteiger partial charge in [-0.25, -0.2) is 9.59 Å². The van der Waals surface area contributed by atoms with Crippen LogP contribution >= 0.6 is 22.9 Å². The molecule has 33 heavy (non-hydrogen) atoms. The number of urea groups is 1. The molecule has 0 aliphatic carbocycles. The minimum atomic E-state index is -0.813. The van der Waals surface area contributed by atoms with E-state index in [-0.39, 0.29) is 13.0 Å². The molecule has 3 amide bonds. The molecule has 2 aromatic rings. The maximum absolute atomic E-state index is 12.4. The summed E-state index contributed by atoms with van der Waals surface area (Å²) in [6.45, 7) is 5.09. The second-order valence-electron chi connectivity index (χ2n) is 6.94. The maximum Gasteiger partial charge on any atom is 0.341 e. The highest BCUT2D eigenvalue weighted by Gasteiger charge is 2.24. The number of ether oxygens (including phenoxy) is 2. The smallest absolute Gasteiger partial charge is 0.341 e. The molecule has 0 saturated carbocycles. The number of carbonyl (C=O) groups excluding carboxylic acids is 4. The number of nitrogens with one attached hydrogen (secondary N) is 2. The second-order valence-corrected chi connectivity index (χ2v) is 8.60. The lowest BCUT2D eigenvalue weighted by molar-refractivity contribution is -0.147. The Balaban J connectivity index is 2.02. The number of primary amides is 1. The van der Waals surface area contributed by atoms with Gasteiger partial charge in [0.05, 0.1) is 24.6 Å². The van der Waals surface area contributed by atoms with Gasteiger partial charge in [-0.05, 0) is 43.5 Å². The topological polar surface area (TPSA) is 137 Å². The van der Waals surface area contributed by atoms with Crippen LogP contribution in [0.25, 0.3) is 0 Å². The fraction of sp³-hybridized carbons (Fsp3) is 0.364. The highest BCUT2D eigenvalue weighted by molar-refractivity contribution is 7.16. The van der Waals surface area contributed by atoms with E-state index in [9.17, 15) is 19.2 Å². The highest BCUT2D eigenvalue weighted by atomic mass is 35.5. The number of nitrogens with two attached hydrogens (primary N) is 1. The number of esters is 2. The summed E-state index contributed by atoms with van der Waals surface area (Å²) in [4.78, 5) is 49.3. The first kappa shape index (κ1) is 26.1. The first-order valence-electron chi connectivity index (χ1n) is 10.2. The van der Waals surface area contributed by atoms with Crippen LogP contribution in [0.15, 0.2) is 24.3 Å². The molecule has 1 unspecified atom stereocenters. The van der Waals surface area contributed by atoms with Gasteiger partial charge in [0, 0.05) is 9.90 Å². The van der Waals surface area contributed by atoms with Crippen molar-refractivity contribution in [2.24, 2.45) is 5.73 Å². The summed E-state index contributed by atoms with van der Waals surface area (Å²) in [6, 6.07) is 4.94. The van der Waals surface area contributed by atoms with Crippen LogP contribution in [0, 0.1) is 6.92 Å². The quantitative estimate of drug-likeness (QED) is 0.429. The number of halogens is 1. The van der Waals surface area contributed by atoms with E-state index in [2.05, 4.69) is 10.6 Å². The van der Waals surface area contributed by atoms with Crippen molar-refractivity contribution in [3.05, 3.63) is 50.9 Å². The van der Waals surface area contributed by atoms with Crippen LogP contribution in [0.2, 0.25) is 5.02 Å². The first-order valence-corrected chi connectivity index (χ1v) is 11.4. The molecular weight excluding hydrogens is 470 g/mol. The van der Waals surface area contributed by atoms with Gasteiger partial charge in [-0.3, -0.25) is 9.59 Å². The second kappa shape index (κ2) is 12.2. The molecule has 1 aromatic carbocycles. The van der Waals surface area contributed by atoms with E-state index in [0.717, 1.165) is 10.4 Å². The van der Waals surface area contributed by atoms with Gasteiger partial charge < -0.3 is 25.8 Å². The van der Waals surface area contributed by atoms with Gasteiger partial charge in [-0.2, -0.15) is 0 Å². The van der Waals surface area contributed by atoms with Gasteiger partial charge in [0.15, 0.2) is 6.61 Å². The van der Waals surface area contributed by atoms with Crippen molar-refractivity contribution < 1.29 is 28.7 Å². The number of anilines is 1. The fourth-order valence-electron chi connectivity index (χ4n) is 3.17. The van der Waals surface area contributed by atoms with E-state index in [1.807, 2.05) is 13.8 Å². The minimum Gasteiger partial charge on any atom is -0.462 e. The normalized spacial score (nSPS) is 11.4. The Morgan fingerprint density at radius 2 is 1.79 bits per heavy atom. The zero-order valence-electron chi connectivity index (χ0n) is 18.5. The molecule has 0 radical (unpaired) electrons. The van der Waals surface area contributed by atoms with Gasteiger partial charge in [0.25, 0.3) is 5.91 Å². The molecule has 0 aliphatic rings. The van der Waals surface area contributed by atoms with Gasteiger partial charge in [-0.15, -0.1) is 11.3 Å². The van der Waals surface area contributed by atoms with E-state index in [4.69, 9.17) is 26.8 Å². The summed E-state index contributed by atoms with van der Waals surface area (Å²) in [5.74, 6) is -1.85. The summed E-state index contributed by atoms with van der Waals surface area (Å²) in [7, 11) is 0. The third-order valence-corrected chi connectivity index (χ3v) is 5.93. The summed E-state index contributed by atoms with van der Waals surface area (Å²) in [5, 5.41) is 5.93. The standard InChI is InChI=1S/C22H26ClN3O6S/c1-4-15-12(3)33-20(19(15)21(29)31-5-2)26-17(27)11-32-18(28)10-16(25-22(24)30)13-6-8-14(23)9-7-13/h6-9,16H,4-5,10-11H2,1-3H3,(H,26,27)(H3,24,25,30). The number of amides is 3. The molecule has 0 aliphatic heterocycles. The number of thiophene rings is 1. The van der Waals surface area contributed by atoms with Crippen LogP contribution in [-0.2, 0) is 25.5 Å². The average molecular weight is 496 g/mol. The molecule has 2 rings (SSSR count). The van der Waals surface area contributed by atoms with Crippen molar-refractivity contribution in [2.45, 2.75) is 39.7 Å². The van der Waals surface area contributed by atoms with E-state index in [1.165, 1.54) is 11.3 Å². The Hall–Kier alpha value is -3.11. The van der Waals surface area contributed by atoms with Crippen LogP contribution in [0.5, 0.6) is 0 Å². The van der Waals surface area contributed by atoms with Crippen molar-refractivity contribution in [1.82, 2.24) is 5.32 Å². The third kappa shape index (κ3) is 7.47. The molecule has 11 heteroatoms. The lowest BCUT2D eigenvalue weighted by Gasteiger charge is -2.17. The zero-order chi connectivity index (χ0) is 24.5. The molecule has 9 nitrogen and oxygen atoms in total. The van der Waals surface area contributed by atoms with E-state index in [1.54, 1.807) is 31.2 Å². The van der Waals surface area contributed by atoms with Crippen molar-refractivity contribution >= 4 is 51.8 Å². The Bertz CT molecular complexity index is 1020. The SMILES string of the molecule is CCOC(=O)c1c(NC(=O)COC(=O)CC(NC(N)=O)c2ccc(Cl)cc2)sc(C)c1CC. The highest BCUT2D eigenvalue weighted by Crippen LogP contribution is 2.34. The number of hydrogen-bond donors (Lipinski definition) is 3. The van der Waals surface area contributed by atoms with Crippen LogP contribution < -0.4 is 16.4 Å². The van der Waals surface area contributed by atoms with Crippen LogP contribution in [-0.4, -0.2) is 37.1 Å². The van der Waals surface area contributed by atoms with Crippen LogP contribution in [0.4, 0.5) is 9.80 Å². The fourth-order valence-corrected chi connectivity index (χ4v) is 4.44. The largest absolute Gasteiger partial charge is 0.462 e. The summed E-state index contributed by atoms with van der Waals surface area (Å²) < 4.78 is 10.2. The summed E-state index contributed by atoms with van der Waals surface area (Å²) >= 11 is 7.12. The molecular formula is C22H26ClN3O6S. The number of benzene rings is 1. The van der Waals surface area contributed by atoms with E-state index < -0.39 is 36.5 Å². The van der Waals surface area contributed by atoms with Gasteiger partial charge in [0.2, 0.25) is 0 Å². The maximum atomic E-state index is 12.4. The lowest BCUT2D eigenvalue weighted by atomic mass is 10.0. The number of aryl methyl sites for hydroxylation is 1. The van der Waals surface area contributed by atoms with E-state index in [0.29, 0.717) is 27.6 Å². The van der Waals surface area contributed by atoms with Gasteiger partial charge >= 0.3 is 18.0 Å². The van der Waals surface area contributed by atoms with Crippen molar-refractivity contribution in [1.29, 1.82) is 0 Å². The first-order chi connectivity index (χ1) is 15.7. The lowest BCUT2D eigenvalue weighted by Crippen LogP contribution is -2.35. The van der Waals surface area contributed by atoms with Crippen molar-refractivity contribution in [2.75, 3.05) is 18.5 Å². The molecule has 0 saturated heterocycles. The molecule has 1 aromatic heterocycles. The molecule has 178 valence electrons. The summed E-state index contributed by atoms with van der Waals surface area (Å²) in [5.41, 5.74) is 6.91. The summed E-state index contributed by atoms with van der Waals surface area (Å²) in [6.07, 6.45) is 0.351. The Morgan fingerprint density at radius 1 is 1.12 bits per heavy atom. The monoisotopic (exact) mass is 495 g/mol. The van der Waals surface area contributed by atoms with Crippen LogP contribution in [0.3, 0.4) is 0 Å². The van der Waals surface area contributed by atoms with Crippen LogP contribution in [0.1, 0.15) is 52.7 Å². The predicted molar refractivity (Wildman–Crippen MR) is 126 cm³/mol. The number of carbonyl (C=O) groups is 4. The predicted octanol–water partition coefficient (Wildman–Crippen LogP) is 3.73. The average Bonchev–Trinajstić information content (AvgIpc) is 3.06. The molecule has 0 bridgehead atoms. The molecule has 0 fully saturated rings. The number of rotatable bonds is 10. The molecule has 0 spiro atoms. The Kier molecular flexibility index (Phi) is 9.68. The van der Waals surface area contributed by atoms with Gasteiger partial charge in [-0.1, -0.05) is 30.7 Å². The Morgan fingerprint density at radius 3 is 2.36 bits per heavy atom. The van der Waals surface area contributed by atoms with Gasteiger partial charge in [0.1, 0.15) is 5.00 Å². The third-order valence-electron chi connectivity index (χ3n) is 4.62. The number of hydrogen-bond acceptors (Lipinski definition) is 7. The molecule has 1 heterocycles. The Labute approximate surface area is 200 Å². The van der Waals surface area contributed by atoms with E-state index >= 15 is 0 Å². The molecule has 4 N–H and O–H groups in total.